The average molecular weight is 186 g/mol. The molecule has 0 aromatic carbocycles. The zero-order valence-corrected chi connectivity index (χ0v) is 7.88. The fourth-order valence-corrected chi connectivity index (χ4v) is 1.09. The number of hydrogen-bond acceptors (Lipinski definition) is 4. The van der Waals surface area contributed by atoms with E-state index < -0.39 is 7.82 Å². The van der Waals surface area contributed by atoms with E-state index in [4.69, 9.17) is 10.00 Å². The van der Waals surface area contributed by atoms with Gasteiger partial charge in [0, 0.05) is 7.11 Å². The molecule has 0 saturated heterocycles. The SMILES string of the molecule is CCOP(=O)(O)OCC.CO. The Balaban J connectivity index is 0. The van der Waals surface area contributed by atoms with Crippen molar-refractivity contribution < 1.29 is 23.6 Å². The molecule has 2 N–H and O–H groups in total. The van der Waals surface area contributed by atoms with E-state index in [2.05, 4.69) is 9.05 Å². The van der Waals surface area contributed by atoms with E-state index in [0.717, 1.165) is 7.11 Å². The van der Waals surface area contributed by atoms with Crippen LogP contribution in [0.25, 0.3) is 0 Å². The summed E-state index contributed by atoms with van der Waals surface area (Å²) in [5.74, 6) is 0. The Labute approximate surface area is 66.6 Å². The molecule has 6 heteroatoms. The molecule has 0 unspecified atom stereocenters. The average Bonchev–Trinajstić information content (AvgIpc) is 1.91. The van der Waals surface area contributed by atoms with Gasteiger partial charge in [0.2, 0.25) is 0 Å². The summed E-state index contributed by atoms with van der Waals surface area (Å²) in [5.41, 5.74) is 0. The van der Waals surface area contributed by atoms with Gasteiger partial charge in [0.05, 0.1) is 13.2 Å². The Morgan fingerprint density at radius 3 is 1.64 bits per heavy atom. The number of phosphoric ester groups is 1. The largest absolute Gasteiger partial charge is 0.472 e. The maximum Gasteiger partial charge on any atom is 0.472 e. The van der Waals surface area contributed by atoms with Crippen molar-refractivity contribution >= 4 is 7.82 Å². The first kappa shape index (κ1) is 13.6. The topological polar surface area (TPSA) is 76.0 Å². The third kappa shape index (κ3) is 10.1. The Morgan fingerprint density at radius 1 is 1.18 bits per heavy atom. The van der Waals surface area contributed by atoms with Crippen LogP contribution in [0, 0.1) is 0 Å². The Hall–Kier alpha value is 0.0700. The van der Waals surface area contributed by atoms with Gasteiger partial charge in [0.25, 0.3) is 0 Å². The van der Waals surface area contributed by atoms with Gasteiger partial charge in [-0.3, -0.25) is 9.05 Å². The molecule has 0 aromatic heterocycles. The van der Waals surface area contributed by atoms with Gasteiger partial charge < -0.3 is 10.00 Å². The minimum Gasteiger partial charge on any atom is -0.400 e. The first-order valence-electron chi connectivity index (χ1n) is 3.19. The molecule has 0 atom stereocenters. The lowest BCUT2D eigenvalue weighted by atomic mass is 10.9. The van der Waals surface area contributed by atoms with Crippen molar-refractivity contribution in [3.8, 4) is 0 Å². The van der Waals surface area contributed by atoms with Crippen molar-refractivity contribution in [1.82, 2.24) is 0 Å². The summed E-state index contributed by atoms with van der Waals surface area (Å²) >= 11 is 0. The summed E-state index contributed by atoms with van der Waals surface area (Å²) in [6.45, 7) is 3.63. The first-order chi connectivity index (χ1) is 5.12. The molecule has 0 spiro atoms. The third-order valence-corrected chi connectivity index (χ3v) is 1.75. The van der Waals surface area contributed by atoms with Crippen molar-refractivity contribution in [2.24, 2.45) is 0 Å². The fourth-order valence-electron chi connectivity index (χ4n) is 0.364. The number of aliphatic hydroxyl groups excluding tert-OH is 1. The van der Waals surface area contributed by atoms with Gasteiger partial charge in [-0.2, -0.15) is 0 Å². The summed E-state index contributed by atoms with van der Waals surface area (Å²) < 4.78 is 19.2. The predicted octanol–water partition coefficient (Wildman–Crippen LogP) is 0.768. The van der Waals surface area contributed by atoms with Crippen LogP contribution < -0.4 is 0 Å². The van der Waals surface area contributed by atoms with Gasteiger partial charge in [-0.05, 0) is 13.8 Å². The lowest BCUT2D eigenvalue weighted by molar-refractivity contribution is 0.161. The monoisotopic (exact) mass is 186 g/mol. The van der Waals surface area contributed by atoms with Crippen molar-refractivity contribution in [3.63, 3.8) is 0 Å². The van der Waals surface area contributed by atoms with Crippen LogP contribution in [0.15, 0.2) is 0 Å². The zero-order valence-electron chi connectivity index (χ0n) is 6.98. The molecule has 0 saturated carbocycles. The molecule has 11 heavy (non-hydrogen) atoms. The zero-order chi connectivity index (χ0) is 9.33. The Morgan fingerprint density at radius 2 is 1.45 bits per heavy atom. The Kier molecular flexibility index (Phi) is 10.1. The summed E-state index contributed by atoms with van der Waals surface area (Å²) in [6, 6.07) is 0. The molecule has 0 radical (unpaired) electrons. The first-order valence-corrected chi connectivity index (χ1v) is 4.68. The number of phosphoric acid groups is 1. The van der Waals surface area contributed by atoms with E-state index in [1.165, 1.54) is 0 Å². The maximum absolute atomic E-state index is 10.5. The van der Waals surface area contributed by atoms with E-state index in [1.54, 1.807) is 13.8 Å². The quantitative estimate of drug-likeness (QED) is 0.634. The highest BCUT2D eigenvalue weighted by Crippen LogP contribution is 2.42. The molecule has 0 bridgehead atoms. The highest BCUT2D eigenvalue weighted by atomic mass is 31.2. The van der Waals surface area contributed by atoms with Gasteiger partial charge in [0.1, 0.15) is 0 Å². The maximum atomic E-state index is 10.5. The van der Waals surface area contributed by atoms with Crippen LogP contribution in [0.3, 0.4) is 0 Å². The van der Waals surface area contributed by atoms with Crippen LogP contribution in [-0.2, 0) is 13.6 Å². The standard InChI is InChI=1S/C4H11O4P.CH4O/c1-3-7-9(5,6)8-4-2;1-2/h3-4H2,1-2H3,(H,5,6);2H,1H3. The van der Waals surface area contributed by atoms with Gasteiger partial charge in [-0.15, -0.1) is 0 Å². The van der Waals surface area contributed by atoms with Crippen LogP contribution in [0.4, 0.5) is 0 Å². The van der Waals surface area contributed by atoms with Crippen molar-refractivity contribution in [1.29, 1.82) is 0 Å². The highest BCUT2D eigenvalue weighted by Gasteiger charge is 2.17. The van der Waals surface area contributed by atoms with Crippen molar-refractivity contribution in [2.75, 3.05) is 20.3 Å². The third-order valence-electron chi connectivity index (χ3n) is 0.584. The molecule has 0 aliphatic heterocycles. The van der Waals surface area contributed by atoms with Gasteiger partial charge in [-0.25, -0.2) is 4.57 Å². The minimum absolute atomic E-state index is 0.188. The van der Waals surface area contributed by atoms with Crippen LogP contribution in [0.2, 0.25) is 0 Å². The van der Waals surface area contributed by atoms with E-state index in [9.17, 15) is 4.57 Å². The van der Waals surface area contributed by atoms with Crippen molar-refractivity contribution in [2.45, 2.75) is 13.8 Å². The molecule has 0 aliphatic rings. The molecule has 0 rings (SSSR count). The second-order valence-corrected chi connectivity index (χ2v) is 2.76. The molecular weight excluding hydrogens is 171 g/mol. The van der Waals surface area contributed by atoms with E-state index in [-0.39, 0.29) is 13.2 Å². The summed E-state index contributed by atoms with van der Waals surface area (Å²) in [4.78, 5) is 8.63. The van der Waals surface area contributed by atoms with Gasteiger partial charge in [-0.1, -0.05) is 0 Å². The molecule has 0 heterocycles. The number of hydrogen-bond donors (Lipinski definition) is 2. The molecule has 0 aromatic rings. The highest BCUT2D eigenvalue weighted by molar-refractivity contribution is 7.47. The number of aliphatic hydroxyl groups is 1. The second kappa shape index (κ2) is 8.17. The molecule has 0 amide bonds. The molecule has 5 nitrogen and oxygen atoms in total. The predicted molar refractivity (Wildman–Crippen MR) is 41.2 cm³/mol. The van der Waals surface area contributed by atoms with Crippen molar-refractivity contribution in [3.05, 3.63) is 0 Å². The fraction of sp³-hybridized carbons (Fsp3) is 1.00. The van der Waals surface area contributed by atoms with Crippen LogP contribution in [-0.4, -0.2) is 30.3 Å². The van der Waals surface area contributed by atoms with Crippen LogP contribution >= 0.6 is 7.82 Å². The lowest BCUT2D eigenvalue weighted by Gasteiger charge is -2.07. The molecule has 0 aliphatic carbocycles. The minimum atomic E-state index is -3.69. The molecule has 70 valence electrons. The Bertz CT molecular complexity index is 105. The summed E-state index contributed by atoms with van der Waals surface area (Å²) in [5, 5.41) is 7.00. The molecular formula is C5H15O5P. The normalized spacial score (nSPS) is 10.3. The number of rotatable bonds is 4. The molecule has 0 fully saturated rings. The van der Waals surface area contributed by atoms with E-state index in [1.807, 2.05) is 0 Å². The van der Waals surface area contributed by atoms with Gasteiger partial charge in [0.15, 0.2) is 0 Å². The lowest BCUT2D eigenvalue weighted by Crippen LogP contribution is -1.93. The van der Waals surface area contributed by atoms with E-state index >= 15 is 0 Å². The van der Waals surface area contributed by atoms with Crippen LogP contribution in [0.1, 0.15) is 13.8 Å². The summed E-state index contributed by atoms with van der Waals surface area (Å²) in [7, 11) is -2.69. The van der Waals surface area contributed by atoms with E-state index in [0.29, 0.717) is 0 Å². The summed E-state index contributed by atoms with van der Waals surface area (Å²) in [6.07, 6.45) is 0. The smallest absolute Gasteiger partial charge is 0.400 e. The van der Waals surface area contributed by atoms with Crippen LogP contribution in [0.5, 0.6) is 0 Å². The van der Waals surface area contributed by atoms with Gasteiger partial charge >= 0.3 is 7.82 Å². The second-order valence-electron chi connectivity index (χ2n) is 1.30.